The van der Waals surface area contributed by atoms with Gasteiger partial charge in [-0.2, -0.15) is 4.31 Å². The van der Waals surface area contributed by atoms with Gasteiger partial charge in [-0.05, 0) is 111 Å². The Balaban J connectivity index is 1.19. The van der Waals surface area contributed by atoms with Crippen molar-refractivity contribution in [2.24, 2.45) is 41.4 Å². The predicted octanol–water partition coefficient (Wildman–Crippen LogP) is 4.41. The zero-order valence-electron chi connectivity index (χ0n) is 26.3. The second-order valence-corrected chi connectivity index (χ2v) is 16.3. The highest BCUT2D eigenvalue weighted by Crippen LogP contribution is 2.57. The summed E-state index contributed by atoms with van der Waals surface area (Å²) in [7, 11) is -2.38. The maximum Gasteiger partial charge on any atom is 0.407 e. The van der Waals surface area contributed by atoms with Gasteiger partial charge in [0.05, 0.1) is 30.8 Å². The molecule has 1 aromatic rings. The summed E-state index contributed by atoms with van der Waals surface area (Å²) in [6.45, 7) is 4.95. The normalized spacial score (nSPS) is 34.1. The van der Waals surface area contributed by atoms with Gasteiger partial charge >= 0.3 is 6.09 Å². The van der Waals surface area contributed by atoms with E-state index in [2.05, 4.69) is 5.32 Å². The van der Waals surface area contributed by atoms with Crippen LogP contribution in [0, 0.1) is 41.4 Å². The van der Waals surface area contributed by atoms with E-state index in [1.807, 2.05) is 13.8 Å². The first-order valence-electron chi connectivity index (χ1n) is 16.6. The first-order chi connectivity index (χ1) is 21.1. The van der Waals surface area contributed by atoms with E-state index in [0.717, 1.165) is 24.7 Å². The monoisotopic (exact) mass is 634 g/mol. The smallest absolute Gasteiger partial charge is 0.407 e. The quantitative estimate of drug-likeness (QED) is 0.347. The van der Waals surface area contributed by atoms with E-state index in [4.69, 9.17) is 18.9 Å². The molecule has 0 spiro atoms. The van der Waals surface area contributed by atoms with E-state index in [0.29, 0.717) is 36.5 Å². The Kier molecular flexibility index (Phi) is 9.78. The van der Waals surface area contributed by atoms with Crippen molar-refractivity contribution in [3.05, 3.63) is 24.3 Å². The number of fused-ring (bicyclic) bond motifs is 1. The van der Waals surface area contributed by atoms with Crippen molar-refractivity contribution >= 4 is 16.1 Å². The van der Waals surface area contributed by atoms with Gasteiger partial charge in [0, 0.05) is 25.6 Å². The number of rotatable bonds is 12. The van der Waals surface area contributed by atoms with E-state index in [9.17, 15) is 18.3 Å². The molecule has 6 fully saturated rings. The molecule has 2 aliphatic heterocycles. The molecule has 0 aromatic heterocycles. The van der Waals surface area contributed by atoms with Gasteiger partial charge < -0.3 is 29.4 Å². The number of hydrogen-bond donors (Lipinski definition) is 2. The summed E-state index contributed by atoms with van der Waals surface area (Å²) in [5.74, 6) is 3.79. The van der Waals surface area contributed by atoms with E-state index in [1.165, 1.54) is 55.7 Å². The molecule has 44 heavy (non-hydrogen) atoms. The number of carbonyl (C=O) groups is 1. The molecule has 1 amide bonds. The Hall–Kier alpha value is -1.92. The lowest BCUT2D eigenvalue weighted by Crippen LogP contribution is -2.54. The molecule has 246 valence electrons. The van der Waals surface area contributed by atoms with Crippen LogP contribution in [0.2, 0.25) is 0 Å². The summed E-state index contributed by atoms with van der Waals surface area (Å²) in [6.07, 6.45) is 6.15. The van der Waals surface area contributed by atoms with Crippen molar-refractivity contribution in [1.82, 2.24) is 9.62 Å². The summed E-state index contributed by atoms with van der Waals surface area (Å²) < 4.78 is 51.6. The number of aliphatic hydroxyl groups excluding tert-OH is 1. The van der Waals surface area contributed by atoms with Crippen molar-refractivity contribution in [2.45, 2.75) is 94.6 Å². The van der Waals surface area contributed by atoms with Crippen LogP contribution in [0.15, 0.2) is 29.2 Å². The highest BCUT2D eigenvalue weighted by molar-refractivity contribution is 7.89. The minimum atomic E-state index is -3.92. The third-order valence-corrected chi connectivity index (χ3v) is 12.7. The van der Waals surface area contributed by atoms with Crippen molar-refractivity contribution in [3.63, 3.8) is 0 Å². The number of nitrogens with one attached hydrogen (secondary N) is 1. The average molecular weight is 635 g/mol. The fraction of sp³-hybridized carbons (Fsp3) is 0.788. The molecule has 7 rings (SSSR count). The fourth-order valence-corrected chi connectivity index (χ4v) is 10.6. The Morgan fingerprint density at radius 3 is 2.36 bits per heavy atom. The van der Waals surface area contributed by atoms with Crippen molar-refractivity contribution in [1.29, 1.82) is 0 Å². The molecule has 1 aromatic carbocycles. The van der Waals surface area contributed by atoms with E-state index in [1.54, 1.807) is 12.1 Å². The lowest BCUT2D eigenvalue weighted by molar-refractivity contribution is -0.152. The molecule has 6 aliphatic rings. The zero-order valence-corrected chi connectivity index (χ0v) is 27.1. The fourth-order valence-electron chi connectivity index (χ4n) is 9.01. The highest BCUT2D eigenvalue weighted by Gasteiger charge is 2.49. The maximum atomic E-state index is 13.8. The van der Waals surface area contributed by atoms with Gasteiger partial charge in [0.1, 0.15) is 11.9 Å². The lowest BCUT2D eigenvalue weighted by Gasteiger charge is -2.55. The molecule has 11 heteroatoms. The largest absolute Gasteiger partial charge is 0.497 e. The number of amides is 1. The zero-order chi connectivity index (χ0) is 31.0. The molecule has 2 saturated heterocycles. The van der Waals surface area contributed by atoms with Crippen LogP contribution in [0.25, 0.3) is 0 Å². The van der Waals surface area contributed by atoms with Gasteiger partial charge in [0.2, 0.25) is 10.0 Å². The van der Waals surface area contributed by atoms with Crippen LogP contribution in [0.1, 0.15) is 65.2 Å². The van der Waals surface area contributed by atoms with Crippen molar-refractivity contribution < 1.29 is 37.3 Å². The van der Waals surface area contributed by atoms with Crippen LogP contribution in [0.4, 0.5) is 4.79 Å². The number of hydrogen-bond acceptors (Lipinski definition) is 8. The molecule has 2 heterocycles. The molecule has 5 atom stereocenters. The maximum absolute atomic E-state index is 13.8. The summed E-state index contributed by atoms with van der Waals surface area (Å²) in [5, 5.41) is 14.8. The number of aliphatic hydroxyl groups is 1. The number of nitrogens with zero attached hydrogens (tertiary/aromatic N) is 1. The van der Waals surface area contributed by atoms with Gasteiger partial charge in [-0.15, -0.1) is 0 Å². The Labute approximate surface area is 262 Å². The van der Waals surface area contributed by atoms with Crippen LogP contribution in [-0.2, 0) is 24.2 Å². The van der Waals surface area contributed by atoms with E-state index < -0.39 is 34.4 Å². The second kappa shape index (κ2) is 13.4. The molecule has 0 radical (unpaired) electrons. The van der Waals surface area contributed by atoms with Crippen LogP contribution in [0.5, 0.6) is 5.75 Å². The van der Waals surface area contributed by atoms with Crippen LogP contribution >= 0.6 is 0 Å². The third-order valence-electron chi connectivity index (χ3n) is 10.8. The summed E-state index contributed by atoms with van der Waals surface area (Å²) >= 11 is 0. The molecular weight excluding hydrogens is 584 g/mol. The summed E-state index contributed by atoms with van der Waals surface area (Å²) in [6, 6.07) is 5.66. The third kappa shape index (κ3) is 6.92. The Morgan fingerprint density at radius 2 is 1.73 bits per heavy atom. The Bertz CT molecular complexity index is 1210. The van der Waals surface area contributed by atoms with Gasteiger partial charge in [0.15, 0.2) is 6.29 Å². The molecule has 2 N–H and O–H groups in total. The Morgan fingerprint density at radius 1 is 1.05 bits per heavy atom. The minimum absolute atomic E-state index is 0.00141. The van der Waals surface area contributed by atoms with Crippen molar-refractivity contribution in [2.75, 3.05) is 33.4 Å². The summed E-state index contributed by atoms with van der Waals surface area (Å²) in [4.78, 5) is 13.5. The molecule has 4 bridgehead atoms. The van der Waals surface area contributed by atoms with Crippen molar-refractivity contribution in [3.8, 4) is 5.75 Å². The number of alkyl carbamates (subject to hydrolysis) is 1. The molecule has 10 nitrogen and oxygen atoms in total. The standard InChI is InChI=1S/C33H50N2O8S/c1-20(2)17-35(44(38,39)26-8-6-25(40-3)7-9-26)18-30(36)29(16-28-23-12-21-11-22(14-23)15-24(28)13-21)34-33(37)43-31-19-42-32-27(31)5-4-10-41-32/h6-9,20-24,27-32,36H,4-5,10-19H2,1-3H3,(H,34,37)/t21?,22?,23?,24?,27-,28?,29-,30+,31-,32+/m0/s1. The average Bonchev–Trinajstić information content (AvgIpc) is 3.39. The van der Waals surface area contributed by atoms with Crippen LogP contribution < -0.4 is 10.1 Å². The van der Waals surface area contributed by atoms with E-state index >= 15 is 0 Å². The SMILES string of the molecule is COc1ccc(S(=O)(=O)N(CC(C)C)C[C@@H](O)[C@H](CC2C3CC4CC(C3)CC2C4)NC(=O)O[C@H]2CO[C@H]3OCCC[C@H]32)cc1. The first kappa shape index (κ1) is 32.0. The minimum Gasteiger partial charge on any atom is -0.497 e. The van der Waals surface area contributed by atoms with Crippen LogP contribution in [0.3, 0.4) is 0 Å². The summed E-state index contributed by atoms with van der Waals surface area (Å²) in [5.41, 5.74) is 0. The number of sulfonamides is 1. The number of benzene rings is 1. The van der Waals surface area contributed by atoms with Gasteiger partial charge in [-0.1, -0.05) is 13.8 Å². The molecule has 0 unspecified atom stereocenters. The lowest BCUT2D eigenvalue weighted by atomic mass is 9.51. The number of carbonyl (C=O) groups excluding carboxylic acids is 1. The second-order valence-electron chi connectivity index (χ2n) is 14.4. The predicted molar refractivity (Wildman–Crippen MR) is 163 cm³/mol. The van der Waals surface area contributed by atoms with Gasteiger partial charge in [0.25, 0.3) is 0 Å². The topological polar surface area (TPSA) is 124 Å². The molecule has 4 aliphatic carbocycles. The number of methoxy groups -OCH3 is 1. The highest BCUT2D eigenvalue weighted by atomic mass is 32.2. The van der Waals surface area contributed by atoms with E-state index in [-0.39, 0.29) is 42.7 Å². The van der Waals surface area contributed by atoms with Gasteiger partial charge in [-0.25, -0.2) is 13.2 Å². The van der Waals surface area contributed by atoms with Gasteiger partial charge in [-0.3, -0.25) is 0 Å². The molecular formula is C33H50N2O8S. The molecule has 4 saturated carbocycles. The number of ether oxygens (including phenoxy) is 4. The van der Waals surface area contributed by atoms with Crippen LogP contribution in [-0.4, -0.2) is 81.9 Å². The first-order valence-corrected chi connectivity index (χ1v) is 18.1.